The summed E-state index contributed by atoms with van der Waals surface area (Å²) in [6.45, 7) is 1.63. The van der Waals surface area contributed by atoms with E-state index in [-0.39, 0.29) is 11.7 Å². The highest BCUT2D eigenvalue weighted by Crippen LogP contribution is 2.48. The largest absolute Gasteiger partial charge is 0.468 e. The monoisotopic (exact) mass is 265 g/mol. The molecule has 0 N–H and O–H groups in total. The van der Waals surface area contributed by atoms with Crippen LogP contribution < -0.4 is 4.90 Å². The van der Waals surface area contributed by atoms with Crippen LogP contribution >= 0.6 is 0 Å². The summed E-state index contributed by atoms with van der Waals surface area (Å²) in [6, 6.07) is 4.42. The van der Waals surface area contributed by atoms with E-state index in [2.05, 4.69) is 4.74 Å². The van der Waals surface area contributed by atoms with Crippen molar-refractivity contribution in [1.82, 2.24) is 0 Å². The van der Waals surface area contributed by atoms with Gasteiger partial charge in [0.15, 0.2) is 0 Å². The Hall–Kier alpha value is -1.91. The van der Waals surface area contributed by atoms with Crippen molar-refractivity contribution in [1.29, 1.82) is 0 Å². The Kier molecular flexibility index (Phi) is 3.30. The van der Waals surface area contributed by atoms with Crippen molar-refractivity contribution in [2.75, 3.05) is 19.1 Å². The topological polar surface area (TPSA) is 46.6 Å². The maximum atomic E-state index is 13.2. The summed E-state index contributed by atoms with van der Waals surface area (Å²) in [5, 5.41) is 0. The number of esters is 1. The SMILES string of the molecule is COC(=O)C1(C(=O)N(C)c2ccc(F)c(C)c2)CC1. The Morgan fingerprint density at radius 3 is 2.47 bits per heavy atom. The Bertz CT molecular complexity index is 537. The molecule has 0 unspecified atom stereocenters. The van der Waals surface area contributed by atoms with E-state index < -0.39 is 11.4 Å². The fourth-order valence-corrected chi connectivity index (χ4v) is 2.10. The summed E-state index contributed by atoms with van der Waals surface area (Å²) >= 11 is 0. The predicted octanol–water partition coefficient (Wildman–Crippen LogP) is 2.05. The molecule has 1 fully saturated rings. The van der Waals surface area contributed by atoms with Gasteiger partial charge in [-0.15, -0.1) is 0 Å². The minimum absolute atomic E-state index is 0.301. The number of rotatable bonds is 3. The van der Waals surface area contributed by atoms with Crippen LogP contribution in [0.1, 0.15) is 18.4 Å². The Morgan fingerprint density at radius 2 is 2.00 bits per heavy atom. The number of hydrogen-bond acceptors (Lipinski definition) is 3. The molecule has 1 amide bonds. The molecular weight excluding hydrogens is 249 g/mol. The highest BCUT2D eigenvalue weighted by Gasteiger charge is 2.59. The molecule has 0 radical (unpaired) electrons. The Balaban J connectivity index is 2.24. The lowest BCUT2D eigenvalue weighted by Gasteiger charge is -2.22. The second-order valence-corrected chi connectivity index (χ2v) is 4.87. The zero-order valence-electron chi connectivity index (χ0n) is 11.2. The van der Waals surface area contributed by atoms with Gasteiger partial charge in [0, 0.05) is 12.7 Å². The molecule has 2 rings (SSSR count). The van der Waals surface area contributed by atoms with Crippen molar-refractivity contribution in [3.8, 4) is 0 Å². The van der Waals surface area contributed by atoms with Crippen LogP contribution in [-0.2, 0) is 14.3 Å². The van der Waals surface area contributed by atoms with Gasteiger partial charge in [0.05, 0.1) is 7.11 Å². The number of anilines is 1. The first-order valence-electron chi connectivity index (χ1n) is 6.05. The Morgan fingerprint density at radius 1 is 1.37 bits per heavy atom. The average molecular weight is 265 g/mol. The van der Waals surface area contributed by atoms with Crippen molar-refractivity contribution in [2.45, 2.75) is 19.8 Å². The number of carbonyl (C=O) groups excluding carboxylic acids is 2. The van der Waals surface area contributed by atoms with Gasteiger partial charge in [-0.05, 0) is 43.5 Å². The van der Waals surface area contributed by atoms with Crippen molar-refractivity contribution >= 4 is 17.6 Å². The third-order valence-corrected chi connectivity index (χ3v) is 3.57. The molecule has 1 aromatic rings. The van der Waals surface area contributed by atoms with Gasteiger partial charge in [-0.2, -0.15) is 0 Å². The van der Waals surface area contributed by atoms with Crippen molar-refractivity contribution in [3.63, 3.8) is 0 Å². The molecule has 1 saturated carbocycles. The lowest BCUT2D eigenvalue weighted by atomic mass is 10.1. The van der Waals surface area contributed by atoms with Crippen molar-refractivity contribution in [3.05, 3.63) is 29.6 Å². The first-order chi connectivity index (χ1) is 8.92. The molecule has 19 heavy (non-hydrogen) atoms. The smallest absolute Gasteiger partial charge is 0.321 e. The molecule has 5 heteroatoms. The highest BCUT2D eigenvalue weighted by molar-refractivity contribution is 6.12. The van der Waals surface area contributed by atoms with Gasteiger partial charge in [0.2, 0.25) is 5.91 Å². The number of amides is 1. The van der Waals surface area contributed by atoms with Gasteiger partial charge in [0.1, 0.15) is 11.2 Å². The molecule has 0 aromatic heterocycles. The lowest BCUT2D eigenvalue weighted by molar-refractivity contribution is -0.151. The van der Waals surface area contributed by atoms with Gasteiger partial charge in [-0.3, -0.25) is 9.59 Å². The number of hydrogen-bond donors (Lipinski definition) is 0. The van der Waals surface area contributed by atoms with Crippen LogP contribution in [0.15, 0.2) is 18.2 Å². The number of halogens is 1. The third kappa shape index (κ3) is 2.20. The molecule has 1 aliphatic carbocycles. The van der Waals surface area contributed by atoms with E-state index >= 15 is 0 Å². The van der Waals surface area contributed by atoms with E-state index in [1.54, 1.807) is 20.0 Å². The zero-order valence-corrected chi connectivity index (χ0v) is 11.2. The van der Waals surface area contributed by atoms with E-state index in [0.29, 0.717) is 24.1 Å². The van der Waals surface area contributed by atoms with E-state index in [9.17, 15) is 14.0 Å². The van der Waals surface area contributed by atoms with Crippen LogP contribution in [0.5, 0.6) is 0 Å². The summed E-state index contributed by atoms with van der Waals surface area (Å²) in [4.78, 5) is 25.4. The number of carbonyl (C=O) groups is 2. The molecule has 4 nitrogen and oxygen atoms in total. The number of ether oxygens (including phenoxy) is 1. The quantitative estimate of drug-likeness (QED) is 0.620. The van der Waals surface area contributed by atoms with E-state index in [4.69, 9.17) is 0 Å². The molecule has 1 aromatic carbocycles. The molecule has 0 bridgehead atoms. The number of benzene rings is 1. The highest BCUT2D eigenvalue weighted by atomic mass is 19.1. The number of aryl methyl sites for hydroxylation is 1. The summed E-state index contributed by atoms with van der Waals surface area (Å²) in [6.07, 6.45) is 1.01. The summed E-state index contributed by atoms with van der Waals surface area (Å²) in [5.41, 5.74) is -0.00894. The fraction of sp³-hybridized carbons (Fsp3) is 0.429. The molecule has 0 atom stereocenters. The van der Waals surface area contributed by atoms with Gasteiger partial charge in [0.25, 0.3) is 0 Å². The van der Waals surface area contributed by atoms with Crippen molar-refractivity contribution < 1.29 is 18.7 Å². The van der Waals surface area contributed by atoms with Gasteiger partial charge in [-0.1, -0.05) is 0 Å². The number of nitrogens with zero attached hydrogens (tertiary/aromatic N) is 1. The van der Waals surface area contributed by atoms with Crippen molar-refractivity contribution in [2.24, 2.45) is 5.41 Å². The van der Waals surface area contributed by atoms with E-state index in [0.717, 1.165) is 0 Å². The van der Waals surface area contributed by atoms with Crippen LogP contribution in [0, 0.1) is 18.2 Å². The first kappa shape index (κ1) is 13.5. The molecule has 0 aliphatic heterocycles. The molecule has 0 heterocycles. The van der Waals surface area contributed by atoms with Crippen LogP contribution in [0.25, 0.3) is 0 Å². The second-order valence-electron chi connectivity index (χ2n) is 4.87. The van der Waals surface area contributed by atoms with Crippen LogP contribution in [0.3, 0.4) is 0 Å². The van der Waals surface area contributed by atoms with Crippen LogP contribution in [0.4, 0.5) is 10.1 Å². The maximum Gasteiger partial charge on any atom is 0.321 e. The minimum atomic E-state index is -1.04. The van der Waals surface area contributed by atoms with E-state index in [1.807, 2.05) is 0 Å². The predicted molar refractivity (Wildman–Crippen MR) is 68.2 cm³/mol. The van der Waals surface area contributed by atoms with Crippen LogP contribution in [-0.4, -0.2) is 26.0 Å². The molecular formula is C14H16FNO3. The molecule has 0 saturated heterocycles. The molecule has 1 aliphatic rings. The van der Waals surface area contributed by atoms with E-state index in [1.165, 1.54) is 24.1 Å². The van der Waals surface area contributed by atoms with Crippen LogP contribution in [0.2, 0.25) is 0 Å². The van der Waals surface area contributed by atoms with Gasteiger partial charge < -0.3 is 9.64 Å². The molecule has 0 spiro atoms. The first-order valence-corrected chi connectivity index (χ1v) is 6.05. The third-order valence-electron chi connectivity index (χ3n) is 3.57. The fourth-order valence-electron chi connectivity index (χ4n) is 2.10. The number of methoxy groups -OCH3 is 1. The Labute approximate surface area is 111 Å². The lowest BCUT2D eigenvalue weighted by Crippen LogP contribution is -2.39. The van der Waals surface area contributed by atoms with Gasteiger partial charge in [-0.25, -0.2) is 4.39 Å². The summed E-state index contributed by atoms with van der Waals surface area (Å²) < 4.78 is 17.9. The second kappa shape index (κ2) is 4.64. The summed E-state index contributed by atoms with van der Waals surface area (Å²) in [5.74, 6) is -1.12. The standard InChI is InChI=1S/C14H16FNO3/c1-9-8-10(4-5-11(9)15)16(2)12(17)14(6-7-14)13(18)19-3/h4-5,8H,6-7H2,1-3H3. The normalized spacial score (nSPS) is 15.8. The average Bonchev–Trinajstić information content (AvgIpc) is 3.21. The zero-order chi connectivity index (χ0) is 14.2. The maximum absolute atomic E-state index is 13.2. The van der Waals surface area contributed by atoms with Gasteiger partial charge >= 0.3 is 5.97 Å². The summed E-state index contributed by atoms with van der Waals surface area (Å²) in [7, 11) is 2.86. The molecule has 102 valence electrons. The minimum Gasteiger partial charge on any atom is -0.468 e.